The zero-order valence-electron chi connectivity index (χ0n) is 18.7. The lowest BCUT2D eigenvalue weighted by Gasteiger charge is -2.08. The number of carbonyl (C=O) groups is 1. The molecule has 3 heterocycles. The molecule has 11 nitrogen and oxygen atoms in total. The maximum absolute atomic E-state index is 11.9. The van der Waals surface area contributed by atoms with E-state index >= 15 is 0 Å². The lowest BCUT2D eigenvalue weighted by atomic mass is 10.1. The zero-order chi connectivity index (χ0) is 24.0. The number of aromatic nitrogens is 6. The number of ether oxygens (including phenoxy) is 1. The van der Waals surface area contributed by atoms with Crippen molar-refractivity contribution in [1.29, 1.82) is 0 Å². The Kier molecular flexibility index (Phi) is 6.20. The molecule has 0 spiro atoms. The molecule has 0 unspecified atom stereocenters. The number of rotatable bonds is 8. The van der Waals surface area contributed by atoms with Gasteiger partial charge in [0, 0.05) is 17.5 Å². The van der Waals surface area contributed by atoms with Gasteiger partial charge in [-0.3, -0.25) is 10.5 Å². The number of hydrazone groups is 1. The van der Waals surface area contributed by atoms with E-state index in [-0.39, 0.29) is 11.6 Å². The number of nitrogens with one attached hydrogen (secondary N) is 2. The number of esters is 1. The summed E-state index contributed by atoms with van der Waals surface area (Å²) in [5, 5.41) is 19.0. The van der Waals surface area contributed by atoms with Gasteiger partial charge >= 0.3 is 5.97 Å². The third kappa shape index (κ3) is 4.88. The van der Waals surface area contributed by atoms with Gasteiger partial charge < -0.3 is 4.74 Å². The number of fused-ring (bicyclic) bond motifs is 1. The molecule has 0 aliphatic rings. The molecule has 2 aromatic carbocycles. The van der Waals surface area contributed by atoms with Crippen molar-refractivity contribution in [2.45, 2.75) is 13.3 Å². The summed E-state index contributed by atoms with van der Waals surface area (Å²) < 4.78 is 9.80. The van der Waals surface area contributed by atoms with Crippen molar-refractivity contribution in [3.8, 4) is 11.3 Å². The minimum absolute atomic E-state index is 0.261. The van der Waals surface area contributed by atoms with Crippen LogP contribution in [-0.2, 0) is 11.2 Å². The number of aromatic amines is 1. The second-order valence-corrected chi connectivity index (χ2v) is 7.46. The second-order valence-electron chi connectivity index (χ2n) is 7.46. The molecule has 3 aromatic heterocycles. The monoisotopic (exact) mass is 468 g/mol. The fraction of sp³-hybridized carbons (Fsp3) is 0.125. The van der Waals surface area contributed by atoms with Crippen molar-refractivity contribution >= 4 is 29.3 Å². The average molecular weight is 468 g/mol. The van der Waals surface area contributed by atoms with Crippen LogP contribution in [0, 0.1) is 0 Å². The number of benzene rings is 2. The molecule has 0 saturated heterocycles. The molecular weight excluding hydrogens is 448 g/mol. The molecular formula is C24H20N8O3. The summed E-state index contributed by atoms with van der Waals surface area (Å²) in [6.45, 7) is 2.09. The molecule has 0 bridgehead atoms. The van der Waals surface area contributed by atoms with Crippen molar-refractivity contribution in [2.24, 2.45) is 5.10 Å². The first kappa shape index (κ1) is 21.9. The van der Waals surface area contributed by atoms with E-state index in [1.165, 1.54) is 0 Å². The summed E-state index contributed by atoms with van der Waals surface area (Å²) in [5.74, 6) is 0.0448. The number of carbonyl (C=O) groups excluding carboxylic acids is 1. The quantitative estimate of drug-likeness (QED) is 0.198. The van der Waals surface area contributed by atoms with Crippen LogP contribution in [0.25, 0.3) is 22.6 Å². The lowest BCUT2D eigenvalue weighted by molar-refractivity contribution is 0.0526. The molecule has 5 aromatic rings. The summed E-state index contributed by atoms with van der Waals surface area (Å²) in [6, 6.07) is 16.9. The number of H-pyrrole nitrogens is 1. The SMILES string of the molecule is CCOC(=O)c1ccc(Cc2nc3nonc3nc2N/N=C/c2cn[nH]c2-c2ccccc2)cc1. The Balaban J connectivity index is 1.38. The van der Waals surface area contributed by atoms with Crippen LogP contribution in [-0.4, -0.2) is 49.3 Å². The Morgan fingerprint density at radius 2 is 1.86 bits per heavy atom. The van der Waals surface area contributed by atoms with Crippen LogP contribution in [0.4, 0.5) is 5.82 Å². The van der Waals surface area contributed by atoms with Crippen molar-refractivity contribution in [1.82, 2.24) is 30.5 Å². The third-order valence-electron chi connectivity index (χ3n) is 5.13. The smallest absolute Gasteiger partial charge is 0.338 e. The Morgan fingerprint density at radius 1 is 1.09 bits per heavy atom. The molecule has 35 heavy (non-hydrogen) atoms. The highest BCUT2D eigenvalue weighted by Crippen LogP contribution is 2.21. The fourth-order valence-corrected chi connectivity index (χ4v) is 3.44. The zero-order valence-corrected chi connectivity index (χ0v) is 18.7. The number of anilines is 1. The fourth-order valence-electron chi connectivity index (χ4n) is 3.44. The van der Waals surface area contributed by atoms with Crippen LogP contribution < -0.4 is 5.43 Å². The minimum Gasteiger partial charge on any atom is -0.462 e. The minimum atomic E-state index is -0.361. The molecule has 0 aliphatic carbocycles. The maximum Gasteiger partial charge on any atom is 0.338 e. The van der Waals surface area contributed by atoms with Gasteiger partial charge in [-0.2, -0.15) is 10.2 Å². The molecule has 11 heteroatoms. The van der Waals surface area contributed by atoms with Gasteiger partial charge in [0.15, 0.2) is 5.82 Å². The van der Waals surface area contributed by atoms with Crippen molar-refractivity contribution in [2.75, 3.05) is 12.0 Å². The Morgan fingerprint density at radius 3 is 2.63 bits per heavy atom. The van der Waals surface area contributed by atoms with Crippen LogP contribution in [0.2, 0.25) is 0 Å². The molecule has 0 radical (unpaired) electrons. The summed E-state index contributed by atoms with van der Waals surface area (Å²) in [7, 11) is 0. The van der Waals surface area contributed by atoms with Crippen molar-refractivity contribution < 1.29 is 14.2 Å². The van der Waals surface area contributed by atoms with E-state index in [2.05, 4.69) is 41.0 Å². The number of nitrogens with zero attached hydrogens (tertiary/aromatic N) is 6. The first-order valence-electron chi connectivity index (χ1n) is 10.8. The molecule has 0 aliphatic heterocycles. The van der Waals surface area contributed by atoms with Crippen LogP contribution >= 0.6 is 0 Å². The van der Waals surface area contributed by atoms with Gasteiger partial charge in [0.1, 0.15) is 0 Å². The summed E-state index contributed by atoms with van der Waals surface area (Å²) in [5.41, 5.74) is 8.13. The molecule has 0 fully saturated rings. The highest BCUT2D eigenvalue weighted by atomic mass is 16.6. The highest BCUT2D eigenvalue weighted by molar-refractivity contribution is 5.89. The molecule has 0 saturated carbocycles. The van der Waals surface area contributed by atoms with Crippen LogP contribution in [0.1, 0.15) is 34.1 Å². The Labute approximate surface area is 199 Å². The van der Waals surface area contributed by atoms with Crippen LogP contribution in [0.3, 0.4) is 0 Å². The van der Waals surface area contributed by atoms with E-state index in [1.54, 1.807) is 31.5 Å². The summed E-state index contributed by atoms with van der Waals surface area (Å²) in [6.07, 6.45) is 3.75. The summed E-state index contributed by atoms with van der Waals surface area (Å²) >= 11 is 0. The summed E-state index contributed by atoms with van der Waals surface area (Å²) in [4.78, 5) is 20.9. The average Bonchev–Trinajstić information content (AvgIpc) is 3.54. The van der Waals surface area contributed by atoms with Gasteiger partial charge in [-0.25, -0.2) is 19.4 Å². The van der Waals surface area contributed by atoms with Gasteiger partial charge in [0.25, 0.3) is 0 Å². The van der Waals surface area contributed by atoms with Gasteiger partial charge in [0.05, 0.1) is 36.0 Å². The van der Waals surface area contributed by atoms with E-state index in [1.807, 2.05) is 42.5 Å². The van der Waals surface area contributed by atoms with Crippen molar-refractivity contribution in [3.63, 3.8) is 0 Å². The lowest BCUT2D eigenvalue weighted by Crippen LogP contribution is -2.06. The van der Waals surface area contributed by atoms with Crippen LogP contribution in [0.15, 0.2) is 70.5 Å². The molecule has 0 amide bonds. The van der Waals surface area contributed by atoms with E-state index in [0.717, 1.165) is 22.4 Å². The van der Waals surface area contributed by atoms with E-state index < -0.39 is 0 Å². The Bertz CT molecular complexity index is 1480. The highest BCUT2D eigenvalue weighted by Gasteiger charge is 2.14. The van der Waals surface area contributed by atoms with E-state index in [4.69, 9.17) is 9.37 Å². The second kappa shape index (κ2) is 9.91. The molecule has 0 atom stereocenters. The molecule has 174 valence electrons. The normalized spacial score (nSPS) is 11.2. The standard InChI is InChI=1S/C24H20N8O3/c1-2-34-24(33)17-10-8-15(9-11-17)12-19-21(28-23-22(27-19)31-35-32-23)30-26-14-18-13-25-29-20(18)16-6-4-3-5-7-16/h3-11,13-14H,2,12H2,1H3,(H,25,29)(H,28,30,32)/b26-14+. The van der Waals surface area contributed by atoms with E-state index in [0.29, 0.717) is 35.8 Å². The predicted molar refractivity (Wildman–Crippen MR) is 128 cm³/mol. The molecule has 5 rings (SSSR count). The first-order valence-corrected chi connectivity index (χ1v) is 10.8. The van der Waals surface area contributed by atoms with Gasteiger partial charge in [0.2, 0.25) is 11.3 Å². The van der Waals surface area contributed by atoms with Gasteiger partial charge in [-0.15, -0.1) is 0 Å². The third-order valence-corrected chi connectivity index (χ3v) is 5.13. The maximum atomic E-state index is 11.9. The van der Waals surface area contributed by atoms with Gasteiger partial charge in [-0.1, -0.05) is 42.5 Å². The van der Waals surface area contributed by atoms with Gasteiger partial charge in [-0.05, 0) is 34.9 Å². The van der Waals surface area contributed by atoms with Crippen LogP contribution in [0.5, 0.6) is 0 Å². The predicted octanol–water partition coefficient (Wildman–Crippen LogP) is 3.62. The largest absolute Gasteiger partial charge is 0.462 e. The topological polar surface area (TPSA) is 144 Å². The number of hydrogen-bond donors (Lipinski definition) is 2. The first-order chi connectivity index (χ1) is 17.2. The number of hydrogen-bond acceptors (Lipinski definition) is 10. The van der Waals surface area contributed by atoms with Crippen molar-refractivity contribution in [3.05, 3.63) is 83.2 Å². The molecule has 2 N–H and O–H groups in total. The van der Waals surface area contributed by atoms with E-state index in [9.17, 15) is 4.79 Å². The Hall–Kier alpha value is -4.93.